The predicted octanol–water partition coefficient (Wildman–Crippen LogP) is 1.99. The van der Waals surface area contributed by atoms with Crippen molar-refractivity contribution in [2.24, 2.45) is 0 Å². The van der Waals surface area contributed by atoms with Gasteiger partial charge in [0.15, 0.2) is 0 Å². The van der Waals surface area contributed by atoms with Crippen molar-refractivity contribution in [3.8, 4) is 5.75 Å². The first-order chi connectivity index (χ1) is 9.29. The standard InChI is InChI=1S/C13H15N3O3/c1-18-7-8-19-12-4-2-3-11(9-12)15-13(17)16-6-5-14-10-16/h2-6,9-10H,7-8H2,1H3,(H,15,17). The van der Waals surface area contributed by atoms with Crippen LogP contribution in [0.15, 0.2) is 43.0 Å². The molecule has 0 aliphatic heterocycles. The zero-order valence-electron chi connectivity index (χ0n) is 10.6. The number of aromatic nitrogens is 2. The van der Waals surface area contributed by atoms with Crippen molar-refractivity contribution in [1.29, 1.82) is 0 Å². The summed E-state index contributed by atoms with van der Waals surface area (Å²) in [4.78, 5) is 15.6. The van der Waals surface area contributed by atoms with Gasteiger partial charge in [0.25, 0.3) is 0 Å². The van der Waals surface area contributed by atoms with Crippen LogP contribution >= 0.6 is 0 Å². The summed E-state index contributed by atoms with van der Waals surface area (Å²) in [6.45, 7) is 0.987. The Morgan fingerprint density at radius 3 is 3.05 bits per heavy atom. The lowest BCUT2D eigenvalue weighted by atomic mass is 10.3. The van der Waals surface area contributed by atoms with E-state index in [0.29, 0.717) is 24.7 Å². The van der Waals surface area contributed by atoms with Crippen LogP contribution < -0.4 is 10.1 Å². The van der Waals surface area contributed by atoms with Gasteiger partial charge >= 0.3 is 6.03 Å². The van der Waals surface area contributed by atoms with Crippen LogP contribution in [0.3, 0.4) is 0 Å². The Bertz CT molecular complexity index is 526. The van der Waals surface area contributed by atoms with Crippen LogP contribution in [0.4, 0.5) is 10.5 Å². The number of nitrogens with zero attached hydrogens (tertiary/aromatic N) is 2. The van der Waals surface area contributed by atoms with Gasteiger partial charge in [-0.15, -0.1) is 0 Å². The number of hydrogen-bond acceptors (Lipinski definition) is 4. The number of amides is 1. The quantitative estimate of drug-likeness (QED) is 0.836. The topological polar surface area (TPSA) is 65.4 Å². The van der Waals surface area contributed by atoms with Gasteiger partial charge in [0, 0.05) is 31.3 Å². The molecule has 1 aromatic carbocycles. The summed E-state index contributed by atoms with van der Waals surface area (Å²) in [6.07, 6.45) is 4.56. The summed E-state index contributed by atoms with van der Waals surface area (Å²) < 4.78 is 11.7. The molecule has 0 aliphatic rings. The highest BCUT2D eigenvalue weighted by Gasteiger charge is 2.04. The minimum Gasteiger partial charge on any atom is -0.491 e. The summed E-state index contributed by atoms with van der Waals surface area (Å²) in [5.41, 5.74) is 0.661. The van der Waals surface area contributed by atoms with Crippen molar-refractivity contribution >= 4 is 11.7 Å². The first-order valence-corrected chi connectivity index (χ1v) is 5.80. The summed E-state index contributed by atoms with van der Waals surface area (Å²) in [7, 11) is 1.62. The highest BCUT2D eigenvalue weighted by Crippen LogP contribution is 2.17. The average molecular weight is 261 g/mol. The zero-order chi connectivity index (χ0) is 13.5. The Hall–Kier alpha value is -2.34. The lowest BCUT2D eigenvalue weighted by Crippen LogP contribution is -2.17. The van der Waals surface area contributed by atoms with Crippen LogP contribution in [0.5, 0.6) is 5.75 Å². The van der Waals surface area contributed by atoms with Gasteiger partial charge in [-0.1, -0.05) is 6.07 Å². The van der Waals surface area contributed by atoms with Crippen molar-refractivity contribution in [2.45, 2.75) is 0 Å². The molecule has 2 aromatic rings. The molecule has 0 atom stereocenters. The van der Waals surface area contributed by atoms with Crippen molar-refractivity contribution in [1.82, 2.24) is 9.55 Å². The normalized spacial score (nSPS) is 10.2. The minimum absolute atomic E-state index is 0.272. The molecule has 6 heteroatoms. The van der Waals surface area contributed by atoms with Gasteiger partial charge in [0.2, 0.25) is 0 Å². The number of carbonyl (C=O) groups excluding carboxylic acids is 1. The third kappa shape index (κ3) is 3.82. The maximum atomic E-state index is 11.8. The molecule has 1 amide bonds. The second-order valence-corrected chi connectivity index (χ2v) is 3.77. The van der Waals surface area contributed by atoms with E-state index < -0.39 is 0 Å². The number of hydrogen-bond donors (Lipinski definition) is 1. The average Bonchev–Trinajstić information content (AvgIpc) is 2.93. The van der Waals surface area contributed by atoms with Crippen LogP contribution in [0, 0.1) is 0 Å². The third-order valence-electron chi connectivity index (χ3n) is 2.38. The molecular weight excluding hydrogens is 246 g/mol. The molecule has 0 unspecified atom stereocenters. The number of imidazole rings is 1. The number of ether oxygens (including phenoxy) is 2. The molecule has 0 saturated heterocycles. The molecular formula is C13H15N3O3. The van der Waals surface area contributed by atoms with E-state index in [0.717, 1.165) is 0 Å². The van der Waals surface area contributed by atoms with Crippen LogP contribution in [-0.4, -0.2) is 35.9 Å². The van der Waals surface area contributed by atoms with Gasteiger partial charge in [0.1, 0.15) is 18.7 Å². The molecule has 1 aromatic heterocycles. The number of rotatable bonds is 5. The molecule has 6 nitrogen and oxygen atoms in total. The number of methoxy groups -OCH3 is 1. The van der Waals surface area contributed by atoms with E-state index in [1.54, 1.807) is 31.6 Å². The highest BCUT2D eigenvalue weighted by atomic mass is 16.5. The first-order valence-electron chi connectivity index (χ1n) is 5.80. The zero-order valence-corrected chi connectivity index (χ0v) is 10.6. The van der Waals surface area contributed by atoms with E-state index in [-0.39, 0.29) is 6.03 Å². The molecule has 19 heavy (non-hydrogen) atoms. The van der Waals surface area contributed by atoms with E-state index in [1.165, 1.54) is 10.9 Å². The third-order valence-corrected chi connectivity index (χ3v) is 2.38. The van der Waals surface area contributed by atoms with Crippen molar-refractivity contribution in [3.63, 3.8) is 0 Å². The first kappa shape index (κ1) is 13.1. The van der Waals surface area contributed by atoms with Crippen molar-refractivity contribution < 1.29 is 14.3 Å². The molecule has 0 radical (unpaired) electrons. The smallest absolute Gasteiger partial charge is 0.331 e. The number of nitrogens with one attached hydrogen (secondary N) is 1. The molecule has 0 fully saturated rings. The largest absolute Gasteiger partial charge is 0.491 e. The molecule has 100 valence electrons. The maximum Gasteiger partial charge on any atom is 0.331 e. The summed E-state index contributed by atoms with van der Waals surface area (Å²) in [5.74, 6) is 0.681. The molecule has 0 saturated carbocycles. The second-order valence-electron chi connectivity index (χ2n) is 3.77. The van der Waals surface area contributed by atoms with Crippen LogP contribution in [-0.2, 0) is 4.74 Å². The molecule has 0 spiro atoms. The van der Waals surface area contributed by atoms with Gasteiger partial charge < -0.3 is 14.8 Å². The Morgan fingerprint density at radius 1 is 1.42 bits per heavy atom. The molecule has 2 rings (SSSR count). The minimum atomic E-state index is -0.272. The van der Waals surface area contributed by atoms with Gasteiger partial charge in [0.05, 0.1) is 6.61 Å². The summed E-state index contributed by atoms with van der Waals surface area (Å²) in [6, 6.07) is 6.91. The van der Waals surface area contributed by atoms with Crippen LogP contribution in [0.25, 0.3) is 0 Å². The fraction of sp³-hybridized carbons (Fsp3) is 0.231. The summed E-state index contributed by atoms with van der Waals surface area (Å²) >= 11 is 0. The number of anilines is 1. The Balaban J connectivity index is 1.97. The van der Waals surface area contributed by atoms with Gasteiger partial charge in [-0.05, 0) is 12.1 Å². The van der Waals surface area contributed by atoms with Gasteiger partial charge in [-0.3, -0.25) is 4.57 Å². The lowest BCUT2D eigenvalue weighted by Gasteiger charge is -2.09. The van der Waals surface area contributed by atoms with Crippen LogP contribution in [0.1, 0.15) is 0 Å². The Kier molecular flexibility index (Phi) is 4.52. The Morgan fingerprint density at radius 2 is 2.32 bits per heavy atom. The molecule has 0 bridgehead atoms. The van der Waals surface area contributed by atoms with Crippen molar-refractivity contribution in [3.05, 3.63) is 43.0 Å². The summed E-state index contributed by atoms with van der Waals surface area (Å²) in [5, 5.41) is 2.75. The Labute approximate surface area is 111 Å². The molecule has 1 N–H and O–H groups in total. The number of carbonyl (C=O) groups is 1. The predicted molar refractivity (Wildman–Crippen MR) is 70.5 cm³/mol. The van der Waals surface area contributed by atoms with E-state index in [4.69, 9.17) is 9.47 Å². The highest BCUT2D eigenvalue weighted by molar-refractivity contribution is 5.91. The van der Waals surface area contributed by atoms with Gasteiger partial charge in [-0.25, -0.2) is 9.78 Å². The van der Waals surface area contributed by atoms with E-state index in [1.807, 2.05) is 12.1 Å². The monoisotopic (exact) mass is 261 g/mol. The van der Waals surface area contributed by atoms with E-state index in [9.17, 15) is 4.79 Å². The molecule has 0 aliphatic carbocycles. The van der Waals surface area contributed by atoms with Crippen molar-refractivity contribution in [2.75, 3.05) is 25.6 Å². The fourth-order valence-electron chi connectivity index (χ4n) is 1.47. The van der Waals surface area contributed by atoms with E-state index >= 15 is 0 Å². The second kappa shape index (κ2) is 6.55. The fourth-order valence-corrected chi connectivity index (χ4v) is 1.47. The lowest BCUT2D eigenvalue weighted by molar-refractivity contribution is 0.146. The van der Waals surface area contributed by atoms with E-state index in [2.05, 4.69) is 10.3 Å². The maximum absolute atomic E-state index is 11.8. The van der Waals surface area contributed by atoms with Crippen LogP contribution in [0.2, 0.25) is 0 Å². The SMILES string of the molecule is COCCOc1cccc(NC(=O)n2ccnc2)c1. The molecule has 1 heterocycles. The number of benzene rings is 1. The van der Waals surface area contributed by atoms with Gasteiger partial charge in [-0.2, -0.15) is 0 Å².